The monoisotopic (exact) mass is 377 g/mol. The van der Waals surface area contributed by atoms with Gasteiger partial charge in [-0.25, -0.2) is 0 Å². The van der Waals surface area contributed by atoms with Crippen LogP contribution in [0.1, 0.15) is 15.9 Å². The van der Waals surface area contributed by atoms with Crippen LogP contribution in [0.25, 0.3) is 22.3 Å². The first kappa shape index (κ1) is 18.7. The van der Waals surface area contributed by atoms with E-state index in [9.17, 15) is 4.79 Å². The summed E-state index contributed by atoms with van der Waals surface area (Å²) in [5.74, 6) is 0.0407. The van der Waals surface area contributed by atoms with Gasteiger partial charge in [0.1, 0.15) is 0 Å². The number of carbonyl (C=O) groups excluding carboxylic acids is 1. The quantitative estimate of drug-likeness (QED) is 0.379. The van der Waals surface area contributed by atoms with Gasteiger partial charge in [0.15, 0.2) is 5.78 Å². The molecule has 0 amide bonds. The third-order valence-corrected chi connectivity index (χ3v) is 5.10. The number of rotatable bonds is 5. The van der Waals surface area contributed by atoms with Gasteiger partial charge in [0, 0.05) is 30.9 Å². The van der Waals surface area contributed by atoms with Gasteiger partial charge in [-0.3, -0.25) is 4.79 Å². The minimum absolute atomic E-state index is 0.0407. The van der Waals surface area contributed by atoms with Crippen LogP contribution in [0, 0.1) is 0 Å². The van der Waals surface area contributed by atoms with Gasteiger partial charge in [-0.1, -0.05) is 78.9 Å². The molecular weight excluding hydrogens is 354 g/mol. The van der Waals surface area contributed by atoms with Gasteiger partial charge in [0.25, 0.3) is 0 Å². The molecule has 0 aliphatic heterocycles. The molecule has 0 N–H and O–H groups in total. The Kier molecular flexibility index (Phi) is 5.26. The van der Waals surface area contributed by atoms with E-state index in [-0.39, 0.29) is 5.78 Å². The molecule has 0 aliphatic rings. The zero-order valence-electron chi connectivity index (χ0n) is 16.7. The maximum atomic E-state index is 13.2. The summed E-state index contributed by atoms with van der Waals surface area (Å²) in [4.78, 5) is 15.3. The van der Waals surface area contributed by atoms with Crippen molar-refractivity contribution in [3.8, 4) is 22.3 Å². The molecule has 0 bridgehead atoms. The van der Waals surface area contributed by atoms with Gasteiger partial charge >= 0.3 is 0 Å². The number of benzene rings is 4. The molecule has 0 spiro atoms. The highest BCUT2D eigenvalue weighted by atomic mass is 16.1. The topological polar surface area (TPSA) is 20.3 Å². The number of hydrogen-bond donors (Lipinski definition) is 0. The first-order chi connectivity index (χ1) is 14.1. The second-order valence-electron chi connectivity index (χ2n) is 7.26. The Morgan fingerprint density at radius 2 is 1.21 bits per heavy atom. The van der Waals surface area contributed by atoms with Crippen LogP contribution in [0.15, 0.2) is 103 Å². The number of carbonyl (C=O) groups is 1. The molecule has 0 heterocycles. The lowest BCUT2D eigenvalue weighted by atomic mass is 9.90. The lowest BCUT2D eigenvalue weighted by molar-refractivity contribution is 0.103. The summed E-state index contributed by atoms with van der Waals surface area (Å²) in [5, 5.41) is 0. The summed E-state index contributed by atoms with van der Waals surface area (Å²) in [5.41, 5.74) is 6.80. The van der Waals surface area contributed by atoms with E-state index in [1.165, 1.54) is 0 Å². The van der Waals surface area contributed by atoms with Crippen molar-refractivity contribution < 1.29 is 4.79 Å². The van der Waals surface area contributed by atoms with Crippen molar-refractivity contribution in [1.82, 2.24) is 0 Å². The largest absolute Gasteiger partial charge is 0.378 e. The smallest absolute Gasteiger partial charge is 0.193 e. The van der Waals surface area contributed by atoms with E-state index < -0.39 is 0 Å². The van der Waals surface area contributed by atoms with Crippen molar-refractivity contribution in [2.45, 2.75) is 0 Å². The van der Waals surface area contributed by atoms with E-state index in [1.54, 1.807) is 0 Å². The van der Waals surface area contributed by atoms with Crippen molar-refractivity contribution >= 4 is 11.5 Å². The molecule has 0 saturated heterocycles. The molecule has 2 heteroatoms. The highest BCUT2D eigenvalue weighted by Crippen LogP contribution is 2.31. The average molecular weight is 377 g/mol. The number of nitrogens with zero attached hydrogens (tertiary/aromatic N) is 1. The van der Waals surface area contributed by atoms with Crippen molar-refractivity contribution in [2.75, 3.05) is 19.0 Å². The normalized spacial score (nSPS) is 10.6. The molecule has 0 radical (unpaired) electrons. The Labute approximate surface area is 172 Å². The fraction of sp³-hybridized carbons (Fsp3) is 0.0741. The highest BCUT2D eigenvalue weighted by Gasteiger charge is 2.16. The minimum atomic E-state index is 0.0407. The molecule has 0 saturated carbocycles. The molecule has 4 aromatic rings. The summed E-state index contributed by atoms with van der Waals surface area (Å²) >= 11 is 0. The zero-order valence-corrected chi connectivity index (χ0v) is 16.7. The van der Waals surface area contributed by atoms with Crippen LogP contribution in [-0.2, 0) is 0 Å². The van der Waals surface area contributed by atoms with Gasteiger partial charge in [0.05, 0.1) is 0 Å². The average Bonchev–Trinajstić information content (AvgIpc) is 2.79. The van der Waals surface area contributed by atoms with E-state index in [4.69, 9.17) is 0 Å². The third kappa shape index (κ3) is 3.97. The van der Waals surface area contributed by atoms with E-state index in [2.05, 4.69) is 47.4 Å². The molecule has 4 rings (SSSR count). The number of hydrogen-bond acceptors (Lipinski definition) is 2. The summed E-state index contributed by atoms with van der Waals surface area (Å²) in [6.45, 7) is 0. The van der Waals surface area contributed by atoms with Crippen LogP contribution in [0.5, 0.6) is 0 Å². The van der Waals surface area contributed by atoms with Gasteiger partial charge in [-0.2, -0.15) is 0 Å². The van der Waals surface area contributed by atoms with Crippen molar-refractivity contribution in [3.05, 3.63) is 114 Å². The van der Waals surface area contributed by atoms with Crippen LogP contribution in [0.2, 0.25) is 0 Å². The van der Waals surface area contributed by atoms with Crippen molar-refractivity contribution in [1.29, 1.82) is 0 Å². The van der Waals surface area contributed by atoms with E-state index >= 15 is 0 Å². The number of ketones is 1. The summed E-state index contributed by atoms with van der Waals surface area (Å²) in [7, 11) is 4.07. The molecule has 142 valence electrons. The molecule has 0 unspecified atom stereocenters. The lowest BCUT2D eigenvalue weighted by Gasteiger charge is -2.14. The molecule has 0 aliphatic carbocycles. The van der Waals surface area contributed by atoms with Gasteiger partial charge in [0.2, 0.25) is 0 Å². The van der Waals surface area contributed by atoms with Gasteiger partial charge in [-0.15, -0.1) is 0 Å². The molecule has 4 aromatic carbocycles. The fourth-order valence-corrected chi connectivity index (χ4v) is 3.48. The van der Waals surface area contributed by atoms with E-state index in [0.29, 0.717) is 5.56 Å². The van der Waals surface area contributed by atoms with Crippen LogP contribution in [-0.4, -0.2) is 19.9 Å². The predicted molar refractivity (Wildman–Crippen MR) is 122 cm³/mol. The fourth-order valence-electron chi connectivity index (χ4n) is 3.48. The maximum absolute atomic E-state index is 13.2. The Balaban J connectivity index is 1.82. The first-order valence-electron chi connectivity index (χ1n) is 9.70. The standard InChI is InChI=1S/C27H23NO/c1-28(2)24-16-13-20(14-17-24)23-15-18-25(27(29)22-11-7-4-8-12-22)26(19-23)21-9-5-3-6-10-21/h3-19H,1-2H3. The molecule has 0 atom stereocenters. The summed E-state index contributed by atoms with van der Waals surface area (Å²) in [6, 6.07) is 34.1. The molecule has 29 heavy (non-hydrogen) atoms. The maximum Gasteiger partial charge on any atom is 0.193 e. The zero-order chi connectivity index (χ0) is 20.2. The summed E-state index contributed by atoms with van der Waals surface area (Å²) in [6.07, 6.45) is 0. The van der Waals surface area contributed by atoms with Crippen LogP contribution in [0.4, 0.5) is 5.69 Å². The van der Waals surface area contributed by atoms with Gasteiger partial charge in [-0.05, 0) is 46.5 Å². The second-order valence-corrected chi connectivity index (χ2v) is 7.26. The predicted octanol–water partition coefficient (Wildman–Crippen LogP) is 6.32. The Morgan fingerprint density at radius 3 is 1.83 bits per heavy atom. The Bertz CT molecular complexity index is 1110. The summed E-state index contributed by atoms with van der Waals surface area (Å²) < 4.78 is 0. The molecular formula is C27H23NO. The lowest BCUT2D eigenvalue weighted by Crippen LogP contribution is -2.07. The molecule has 2 nitrogen and oxygen atoms in total. The van der Waals surface area contributed by atoms with E-state index in [0.717, 1.165) is 33.5 Å². The van der Waals surface area contributed by atoms with Crippen LogP contribution >= 0.6 is 0 Å². The van der Waals surface area contributed by atoms with Crippen molar-refractivity contribution in [2.24, 2.45) is 0 Å². The van der Waals surface area contributed by atoms with Crippen LogP contribution in [0.3, 0.4) is 0 Å². The Hall–Kier alpha value is -3.65. The SMILES string of the molecule is CN(C)c1ccc(-c2ccc(C(=O)c3ccccc3)c(-c3ccccc3)c2)cc1. The van der Waals surface area contributed by atoms with Crippen molar-refractivity contribution in [3.63, 3.8) is 0 Å². The second kappa shape index (κ2) is 8.15. The van der Waals surface area contributed by atoms with E-state index in [1.807, 2.05) is 74.8 Å². The molecule has 0 fully saturated rings. The third-order valence-electron chi connectivity index (χ3n) is 5.10. The first-order valence-corrected chi connectivity index (χ1v) is 9.70. The van der Waals surface area contributed by atoms with Gasteiger partial charge < -0.3 is 4.90 Å². The highest BCUT2D eigenvalue weighted by molar-refractivity contribution is 6.13. The minimum Gasteiger partial charge on any atom is -0.378 e. The molecule has 0 aromatic heterocycles. The Morgan fingerprint density at radius 1 is 0.621 bits per heavy atom. The number of anilines is 1. The van der Waals surface area contributed by atoms with Crippen LogP contribution < -0.4 is 4.90 Å².